The van der Waals surface area contributed by atoms with E-state index in [-0.39, 0.29) is 5.56 Å². The minimum Gasteiger partial charge on any atom is -0.296 e. The highest BCUT2D eigenvalue weighted by molar-refractivity contribution is 6.29. The molecule has 1 heterocycles. The first kappa shape index (κ1) is 11.6. The maximum absolute atomic E-state index is 11.8. The third kappa shape index (κ3) is 2.46. The molecule has 0 radical (unpaired) electrons. The van der Waals surface area contributed by atoms with Gasteiger partial charge in [-0.25, -0.2) is 4.98 Å². The van der Waals surface area contributed by atoms with Crippen LogP contribution in [-0.2, 0) is 13.0 Å². The molecule has 1 aliphatic rings. The Labute approximate surface area is 100 Å². The normalized spacial score (nSPS) is 16.9. The molecular formula is C12H17ClN2O. The minimum atomic E-state index is -0.0104. The largest absolute Gasteiger partial charge is 0.296 e. The van der Waals surface area contributed by atoms with Crippen molar-refractivity contribution in [2.75, 3.05) is 0 Å². The van der Waals surface area contributed by atoms with Gasteiger partial charge in [-0.15, -0.1) is 0 Å². The Balaban J connectivity index is 2.27. The predicted octanol–water partition coefficient (Wildman–Crippen LogP) is 2.65. The molecule has 4 heteroatoms. The summed E-state index contributed by atoms with van der Waals surface area (Å²) in [6, 6.07) is 1.41. The average Bonchev–Trinajstić information content (AvgIpc) is 2.74. The fraction of sp³-hybridized carbons (Fsp3) is 0.667. The highest BCUT2D eigenvalue weighted by Gasteiger charge is 2.17. The zero-order chi connectivity index (χ0) is 11.5. The molecule has 0 aromatic carbocycles. The SMILES string of the molecule is CCc1nc(Cl)cc(=O)n1CC1CCCC1. The van der Waals surface area contributed by atoms with Crippen LogP contribution in [0.25, 0.3) is 0 Å². The van der Waals surface area contributed by atoms with E-state index in [0.717, 1.165) is 18.8 Å². The molecule has 2 rings (SSSR count). The van der Waals surface area contributed by atoms with Gasteiger partial charge < -0.3 is 0 Å². The van der Waals surface area contributed by atoms with Crippen molar-refractivity contribution < 1.29 is 0 Å². The van der Waals surface area contributed by atoms with Gasteiger partial charge in [-0.05, 0) is 18.8 Å². The van der Waals surface area contributed by atoms with Crippen molar-refractivity contribution in [2.45, 2.75) is 45.6 Å². The van der Waals surface area contributed by atoms with Crippen molar-refractivity contribution in [1.82, 2.24) is 9.55 Å². The van der Waals surface area contributed by atoms with Crippen molar-refractivity contribution in [3.63, 3.8) is 0 Å². The van der Waals surface area contributed by atoms with E-state index in [1.165, 1.54) is 31.7 Å². The number of halogens is 1. The van der Waals surface area contributed by atoms with Gasteiger partial charge in [-0.3, -0.25) is 9.36 Å². The first-order chi connectivity index (χ1) is 7.70. The Morgan fingerprint density at radius 1 is 1.50 bits per heavy atom. The van der Waals surface area contributed by atoms with Gasteiger partial charge in [0.05, 0.1) is 0 Å². The summed E-state index contributed by atoms with van der Waals surface area (Å²) in [4.78, 5) is 16.1. The van der Waals surface area contributed by atoms with Gasteiger partial charge in [0.25, 0.3) is 5.56 Å². The van der Waals surface area contributed by atoms with Gasteiger partial charge in [-0.2, -0.15) is 0 Å². The van der Waals surface area contributed by atoms with E-state index in [1.807, 2.05) is 6.92 Å². The van der Waals surface area contributed by atoms with Crippen LogP contribution in [0.1, 0.15) is 38.4 Å². The summed E-state index contributed by atoms with van der Waals surface area (Å²) in [5, 5.41) is 0.310. The van der Waals surface area contributed by atoms with Crippen molar-refractivity contribution in [3.8, 4) is 0 Å². The number of aromatic nitrogens is 2. The Kier molecular flexibility index (Phi) is 3.64. The molecule has 0 spiro atoms. The minimum absolute atomic E-state index is 0.0104. The summed E-state index contributed by atoms with van der Waals surface area (Å²) in [6.45, 7) is 2.81. The molecule has 0 N–H and O–H groups in total. The van der Waals surface area contributed by atoms with E-state index in [4.69, 9.17) is 11.6 Å². The molecule has 88 valence electrons. The molecule has 1 saturated carbocycles. The van der Waals surface area contributed by atoms with E-state index in [1.54, 1.807) is 4.57 Å². The van der Waals surface area contributed by atoms with E-state index in [2.05, 4.69) is 4.98 Å². The second kappa shape index (κ2) is 5.00. The first-order valence-corrected chi connectivity index (χ1v) is 6.34. The van der Waals surface area contributed by atoms with Gasteiger partial charge in [0.15, 0.2) is 0 Å². The van der Waals surface area contributed by atoms with Crippen LogP contribution in [0, 0.1) is 5.92 Å². The molecule has 0 atom stereocenters. The van der Waals surface area contributed by atoms with Gasteiger partial charge in [0.1, 0.15) is 11.0 Å². The molecule has 1 fully saturated rings. The van der Waals surface area contributed by atoms with Crippen molar-refractivity contribution in [2.24, 2.45) is 5.92 Å². The first-order valence-electron chi connectivity index (χ1n) is 5.97. The Bertz CT molecular complexity index is 422. The number of hydrogen-bond acceptors (Lipinski definition) is 2. The van der Waals surface area contributed by atoms with Gasteiger partial charge >= 0.3 is 0 Å². The van der Waals surface area contributed by atoms with E-state index in [9.17, 15) is 4.79 Å². The van der Waals surface area contributed by atoms with Crippen LogP contribution in [-0.4, -0.2) is 9.55 Å². The van der Waals surface area contributed by atoms with Crippen LogP contribution in [0.3, 0.4) is 0 Å². The smallest absolute Gasteiger partial charge is 0.254 e. The molecule has 16 heavy (non-hydrogen) atoms. The zero-order valence-corrected chi connectivity index (χ0v) is 10.3. The van der Waals surface area contributed by atoms with Crippen molar-refractivity contribution >= 4 is 11.6 Å². The molecule has 3 nitrogen and oxygen atoms in total. The second-order valence-electron chi connectivity index (χ2n) is 4.45. The summed E-state index contributed by atoms with van der Waals surface area (Å²) in [5.74, 6) is 1.45. The Morgan fingerprint density at radius 2 is 2.19 bits per heavy atom. The van der Waals surface area contributed by atoms with Crippen molar-refractivity contribution in [1.29, 1.82) is 0 Å². The Hall–Kier alpha value is -0.830. The lowest BCUT2D eigenvalue weighted by Gasteiger charge is -2.14. The molecule has 1 aromatic rings. The van der Waals surface area contributed by atoms with Crippen LogP contribution >= 0.6 is 11.6 Å². The molecular weight excluding hydrogens is 224 g/mol. The van der Waals surface area contributed by atoms with Crippen molar-refractivity contribution in [3.05, 3.63) is 27.4 Å². The van der Waals surface area contributed by atoms with Crippen LogP contribution in [0.15, 0.2) is 10.9 Å². The molecule has 0 unspecified atom stereocenters. The van der Waals surface area contributed by atoms with Crippen LogP contribution < -0.4 is 5.56 Å². The Morgan fingerprint density at radius 3 is 2.81 bits per heavy atom. The molecule has 0 saturated heterocycles. The summed E-state index contributed by atoms with van der Waals surface area (Å²) in [7, 11) is 0. The van der Waals surface area contributed by atoms with Gasteiger partial charge in [0.2, 0.25) is 0 Å². The third-order valence-corrected chi connectivity index (χ3v) is 3.48. The summed E-state index contributed by atoms with van der Waals surface area (Å²) in [5.41, 5.74) is -0.0104. The number of aryl methyl sites for hydroxylation is 1. The van der Waals surface area contributed by atoms with Gasteiger partial charge in [-0.1, -0.05) is 31.4 Å². The van der Waals surface area contributed by atoms with Gasteiger partial charge in [0, 0.05) is 19.0 Å². The van der Waals surface area contributed by atoms with Crippen LogP contribution in [0.5, 0.6) is 0 Å². The van der Waals surface area contributed by atoms with E-state index >= 15 is 0 Å². The van der Waals surface area contributed by atoms with E-state index < -0.39 is 0 Å². The summed E-state index contributed by atoms with van der Waals surface area (Å²) >= 11 is 5.79. The fourth-order valence-corrected chi connectivity index (χ4v) is 2.63. The fourth-order valence-electron chi connectivity index (χ4n) is 2.44. The zero-order valence-electron chi connectivity index (χ0n) is 9.58. The predicted molar refractivity (Wildman–Crippen MR) is 64.8 cm³/mol. The molecule has 0 aliphatic heterocycles. The van der Waals surface area contributed by atoms with Crippen LogP contribution in [0.2, 0.25) is 5.15 Å². The number of rotatable bonds is 3. The molecule has 0 amide bonds. The maximum atomic E-state index is 11.8. The number of hydrogen-bond donors (Lipinski definition) is 0. The quantitative estimate of drug-likeness (QED) is 0.762. The van der Waals surface area contributed by atoms with E-state index in [0.29, 0.717) is 11.1 Å². The summed E-state index contributed by atoms with van der Waals surface area (Å²) < 4.78 is 1.79. The maximum Gasteiger partial charge on any atom is 0.254 e. The lowest BCUT2D eigenvalue weighted by molar-refractivity contribution is 0.434. The lowest BCUT2D eigenvalue weighted by atomic mass is 10.1. The standard InChI is InChI=1S/C12H17ClN2O/c1-2-11-14-10(13)7-12(16)15(11)8-9-5-3-4-6-9/h7,9H,2-6,8H2,1H3. The third-order valence-electron chi connectivity index (χ3n) is 3.29. The monoisotopic (exact) mass is 240 g/mol. The summed E-state index contributed by atoms with van der Waals surface area (Å²) in [6.07, 6.45) is 5.81. The molecule has 1 aliphatic carbocycles. The number of nitrogens with zero attached hydrogens (tertiary/aromatic N) is 2. The average molecular weight is 241 g/mol. The highest BCUT2D eigenvalue weighted by Crippen LogP contribution is 2.26. The topological polar surface area (TPSA) is 34.9 Å². The highest BCUT2D eigenvalue weighted by atomic mass is 35.5. The second-order valence-corrected chi connectivity index (χ2v) is 4.84. The van der Waals surface area contributed by atoms with Crippen LogP contribution in [0.4, 0.5) is 0 Å². The lowest BCUT2D eigenvalue weighted by Crippen LogP contribution is -2.27. The molecule has 0 bridgehead atoms. The molecule has 1 aromatic heterocycles.